The number of hydrogen-bond acceptors (Lipinski definition) is 5. The Bertz CT molecular complexity index is 976. The van der Waals surface area contributed by atoms with Crippen molar-refractivity contribution in [1.29, 1.82) is 0 Å². The van der Waals surface area contributed by atoms with Gasteiger partial charge in [-0.15, -0.1) is 0 Å². The number of halogens is 1. The lowest BCUT2D eigenvalue weighted by molar-refractivity contribution is 0.0600. The summed E-state index contributed by atoms with van der Waals surface area (Å²) in [7, 11) is 1.34. The highest BCUT2D eigenvalue weighted by molar-refractivity contribution is 14.1. The van der Waals surface area contributed by atoms with Gasteiger partial charge in [-0.1, -0.05) is 12.1 Å². The lowest BCUT2D eigenvalue weighted by atomic mass is 10.1. The van der Waals surface area contributed by atoms with Crippen LogP contribution >= 0.6 is 22.6 Å². The molecule has 0 radical (unpaired) electrons. The van der Waals surface area contributed by atoms with Crippen LogP contribution in [0.2, 0.25) is 0 Å². The molecule has 1 heterocycles. The van der Waals surface area contributed by atoms with Crippen molar-refractivity contribution in [2.75, 3.05) is 7.11 Å². The molecule has 7 heteroatoms. The first-order valence-electron chi connectivity index (χ1n) is 7.94. The molecule has 1 N–H and O–H groups in total. The van der Waals surface area contributed by atoms with E-state index in [0.29, 0.717) is 22.6 Å². The fraction of sp³-hybridized carbons (Fsp3) is 0.0500. The van der Waals surface area contributed by atoms with E-state index < -0.39 is 5.97 Å². The lowest BCUT2D eigenvalue weighted by Gasteiger charge is -2.00. The second-order valence-corrected chi connectivity index (χ2v) is 6.72. The number of esters is 1. The van der Waals surface area contributed by atoms with Crippen LogP contribution < -0.4 is 5.43 Å². The van der Waals surface area contributed by atoms with E-state index in [1.807, 2.05) is 12.1 Å². The summed E-state index contributed by atoms with van der Waals surface area (Å²) < 4.78 is 11.4. The highest BCUT2D eigenvalue weighted by Gasteiger charge is 2.08. The molecule has 0 spiro atoms. The van der Waals surface area contributed by atoms with Crippen LogP contribution in [-0.4, -0.2) is 25.2 Å². The molecule has 0 aliphatic carbocycles. The minimum absolute atomic E-state index is 0.298. The summed E-state index contributed by atoms with van der Waals surface area (Å²) in [5.74, 6) is 0.423. The van der Waals surface area contributed by atoms with E-state index in [1.54, 1.807) is 48.5 Å². The molecule has 0 saturated heterocycles. The molecular weight excluding hydrogens is 459 g/mol. The third-order valence-electron chi connectivity index (χ3n) is 3.68. The Morgan fingerprint density at radius 1 is 1.00 bits per heavy atom. The topological polar surface area (TPSA) is 80.9 Å². The molecule has 0 bridgehead atoms. The van der Waals surface area contributed by atoms with Crippen molar-refractivity contribution >= 4 is 40.7 Å². The van der Waals surface area contributed by atoms with Gasteiger partial charge in [0.1, 0.15) is 11.5 Å². The zero-order valence-corrected chi connectivity index (χ0v) is 16.5. The molecule has 0 fully saturated rings. The number of rotatable bonds is 5. The van der Waals surface area contributed by atoms with Gasteiger partial charge in [0.15, 0.2) is 0 Å². The second kappa shape index (κ2) is 8.63. The van der Waals surface area contributed by atoms with E-state index in [0.717, 1.165) is 9.13 Å². The molecule has 3 rings (SSSR count). The first-order valence-corrected chi connectivity index (χ1v) is 9.02. The minimum Gasteiger partial charge on any atom is -0.465 e. The number of ether oxygens (including phenoxy) is 1. The average Bonchev–Trinajstić information content (AvgIpc) is 3.17. The monoisotopic (exact) mass is 474 g/mol. The molecule has 0 aliphatic heterocycles. The van der Waals surface area contributed by atoms with Crippen molar-refractivity contribution in [3.05, 3.63) is 81.1 Å². The van der Waals surface area contributed by atoms with Gasteiger partial charge in [0.25, 0.3) is 5.91 Å². The Hall–Kier alpha value is -2.94. The molecule has 0 unspecified atom stereocenters. The number of hydrogen-bond donors (Lipinski definition) is 1. The van der Waals surface area contributed by atoms with Crippen LogP contribution in [0, 0.1) is 3.57 Å². The minimum atomic E-state index is -0.391. The van der Waals surface area contributed by atoms with Gasteiger partial charge in [0.2, 0.25) is 0 Å². The van der Waals surface area contributed by atoms with Crippen LogP contribution in [0.1, 0.15) is 26.5 Å². The van der Waals surface area contributed by atoms with Gasteiger partial charge in [-0.05, 0) is 71.1 Å². The molecular formula is C20H15IN2O4. The summed E-state index contributed by atoms with van der Waals surface area (Å²) >= 11 is 2.17. The summed E-state index contributed by atoms with van der Waals surface area (Å²) in [6, 6.07) is 17.6. The van der Waals surface area contributed by atoms with Crippen LogP contribution in [0.4, 0.5) is 0 Å². The molecule has 136 valence electrons. The lowest BCUT2D eigenvalue weighted by Crippen LogP contribution is -2.17. The molecule has 2 aromatic carbocycles. The van der Waals surface area contributed by atoms with Crippen molar-refractivity contribution in [3.63, 3.8) is 0 Å². The van der Waals surface area contributed by atoms with Gasteiger partial charge in [-0.25, -0.2) is 10.2 Å². The Labute approximate surface area is 169 Å². The summed E-state index contributed by atoms with van der Waals surface area (Å²) in [6.45, 7) is 0. The third-order valence-corrected chi connectivity index (χ3v) is 4.40. The largest absolute Gasteiger partial charge is 0.465 e. The first kappa shape index (κ1) is 18.8. The normalized spacial score (nSPS) is 10.7. The van der Waals surface area contributed by atoms with Crippen molar-refractivity contribution < 1.29 is 18.7 Å². The Balaban J connectivity index is 1.63. The number of carbonyl (C=O) groups is 2. The summed E-state index contributed by atoms with van der Waals surface area (Å²) in [5.41, 5.74) is 4.26. The molecule has 0 aliphatic rings. The summed E-state index contributed by atoms with van der Waals surface area (Å²) in [4.78, 5) is 23.4. The summed E-state index contributed by atoms with van der Waals surface area (Å²) in [6.07, 6.45) is 1.43. The van der Waals surface area contributed by atoms with Crippen molar-refractivity contribution in [2.45, 2.75) is 0 Å². The van der Waals surface area contributed by atoms with E-state index in [9.17, 15) is 9.59 Å². The quantitative estimate of drug-likeness (QED) is 0.261. The van der Waals surface area contributed by atoms with Gasteiger partial charge >= 0.3 is 5.97 Å². The number of amides is 1. The summed E-state index contributed by atoms with van der Waals surface area (Å²) in [5, 5.41) is 3.91. The Kier molecular flexibility index (Phi) is 6.02. The maximum absolute atomic E-state index is 12.0. The van der Waals surface area contributed by atoms with Gasteiger partial charge in [-0.2, -0.15) is 5.10 Å². The van der Waals surface area contributed by atoms with E-state index in [-0.39, 0.29) is 5.91 Å². The van der Waals surface area contributed by atoms with Crippen LogP contribution in [-0.2, 0) is 4.74 Å². The smallest absolute Gasteiger partial charge is 0.337 e. The number of nitrogens with zero attached hydrogens (tertiary/aromatic N) is 1. The third kappa shape index (κ3) is 4.82. The van der Waals surface area contributed by atoms with Crippen molar-refractivity contribution in [3.8, 4) is 11.3 Å². The Morgan fingerprint density at radius 3 is 2.33 bits per heavy atom. The predicted octanol–water partition coefficient (Wildman–Crippen LogP) is 4.10. The SMILES string of the molecule is COC(=O)c1ccc(-c2ccc(/C=N\NC(=O)c3ccc(I)cc3)o2)cc1. The molecule has 0 saturated carbocycles. The van der Waals surface area contributed by atoms with Gasteiger partial charge in [-0.3, -0.25) is 4.79 Å². The van der Waals surface area contributed by atoms with Crippen LogP contribution in [0.15, 0.2) is 70.2 Å². The van der Waals surface area contributed by atoms with Crippen LogP contribution in [0.5, 0.6) is 0 Å². The van der Waals surface area contributed by atoms with Crippen LogP contribution in [0.25, 0.3) is 11.3 Å². The zero-order valence-electron chi connectivity index (χ0n) is 14.3. The molecule has 3 aromatic rings. The van der Waals surface area contributed by atoms with Crippen molar-refractivity contribution in [2.24, 2.45) is 5.10 Å². The van der Waals surface area contributed by atoms with Crippen LogP contribution in [0.3, 0.4) is 0 Å². The maximum atomic E-state index is 12.0. The van der Waals surface area contributed by atoms with E-state index >= 15 is 0 Å². The van der Waals surface area contributed by atoms with E-state index in [4.69, 9.17) is 4.42 Å². The maximum Gasteiger partial charge on any atom is 0.337 e. The number of carbonyl (C=O) groups excluding carboxylic acids is 2. The molecule has 6 nitrogen and oxygen atoms in total. The number of nitrogens with one attached hydrogen (secondary N) is 1. The number of benzene rings is 2. The Morgan fingerprint density at radius 2 is 1.67 bits per heavy atom. The predicted molar refractivity (Wildman–Crippen MR) is 110 cm³/mol. The van der Waals surface area contributed by atoms with E-state index in [2.05, 4.69) is 37.9 Å². The molecule has 27 heavy (non-hydrogen) atoms. The standard InChI is InChI=1S/C20H15IN2O4/c1-26-20(25)15-4-2-13(3-5-15)18-11-10-17(27-18)12-22-23-19(24)14-6-8-16(21)9-7-14/h2-12H,1H3,(H,23,24)/b22-12-. The van der Waals surface area contributed by atoms with E-state index in [1.165, 1.54) is 13.3 Å². The van der Waals surface area contributed by atoms with Gasteiger partial charge in [0, 0.05) is 14.7 Å². The van der Waals surface area contributed by atoms with Gasteiger partial charge < -0.3 is 9.15 Å². The molecule has 1 aromatic heterocycles. The first-order chi connectivity index (χ1) is 13.1. The number of hydrazone groups is 1. The number of methoxy groups -OCH3 is 1. The van der Waals surface area contributed by atoms with Crippen molar-refractivity contribution in [1.82, 2.24) is 5.43 Å². The fourth-order valence-electron chi connectivity index (χ4n) is 2.29. The van der Waals surface area contributed by atoms with Gasteiger partial charge in [0.05, 0.1) is 18.9 Å². The number of furan rings is 1. The molecule has 1 amide bonds. The zero-order chi connectivity index (χ0) is 19.2. The highest BCUT2D eigenvalue weighted by Crippen LogP contribution is 2.22. The highest BCUT2D eigenvalue weighted by atomic mass is 127. The fourth-order valence-corrected chi connectivity index (χ4v) is 2.65. The average molecular weight is 474 g/mol. The molecule has 0 atom stereocenters. The second-order valence-electron chi connectivity index (χ2n) is 5.48.